The molecule has 1 aliphatic heterocycles. The molecule has 2 aromatic rings. The third-order valence-corrected chi connectivity index (χ3v) is 3.47. The maximum absolute atomic E-state index is 5.98. The number of halogens is 1. The Morgan fingerprint density at radius 3 is 2.89 bits per heavy atom. The van der Waals surface area contributed by atoms with Crippen LogP contribution in [0.15, 0.2) is 30.5 Å². The van der Waals surface area contributed by atoms with Gasteiger partial charge in [0.1, 0.15) is 0 Å². The van der Waals surface area contributed by atoms with Gasteiger partial charge in [-0.3, -0.25) is 0 Å². The van der Waals surface area contributed by atoms with Gasteiger partial charge in [-0.2, -0.15) is 0 Å². The quantitative estimate of drug-likeness (QED) is 0.849. The maximum Gasteiger partial charge on any atom is 0.159 e. The summed E-state index contributed by atoms with van der Waals surface area (Å²) in [5, 5.41) is 1.95. The number of aromatic nitrogens is 1. The van der Waals surface area contributed by atoms with Gasteiger partial charge in [-0.05, 0) is 30.7 Å². The minimum absolute atomic E-state index is 0.0523. The number of fused-ring (bicyclic) bond motifs is 1. The van der Waals surface area contributed by atoms with Crippen molar-refractivity contribution in [2.75, 3.05) is 13.2 Å². The summed E-state index contributed by atoms with van der Waals surface area (Å²) in [6.07, 6.45) is 3.92. The predicted molar refractivity (Wildman–Crippen MR) is 71.9 cm³/mol. The molecule has 0 aliphatic carbocycles. The largest absolute Gasteiger partial charge is 0.353 e. The van der Waals surface area contributed by atoms with Gasteiger partial charge >= 0.3 is 0 Å². The van der Waals surface area contributed by atoms with E-state index in [2.05, 4.69) is 22.9 Å². The maximum atomic E-state index is 5.98. The Balaban J connectivity index is 1.70. The first-order chi connectivity index (χ1) is 8.83. The molecule has 0 spiro atoms. The van der Waals surface area contributed by atoms with Gasteiger partial charge < -0.3 is 14.0 Å². The molecular formula is C14H16ClNO2. The van der Waals surface area contributed by atoms with E-state index in [1.807, 2.05) is 12.1 Å². The summed E-state index contributed by atoms with van der Waals surface area (Å²) in [4.78, 5) is 0. The molecule has 0 unspecified atom stereocenters. The lowest BCUT2D eigenvalue weighted by Crippen LogP contribution is -2.25. The number of rotatable bonds is 3. The lowest BCUT2D eigenvalue weighted by atomic mass is 10.2. The Bertz CT molecular complexity index is 532. The predicted octanol–water partition coefficient (Wildman–Crippen LogP) is 3.45. The summed E-state index contributed by atoms with van der Waals surface area (Å²) < 4.78 is 13.3. The molecule has 2 heterocycles. The van der Waals surface area contributed by atoms with Gasteiger partial charge in [0.05, 0.1) is 13.2 Å². The molecule has 1 aromatic carbocycles. The second-order valence-electron chi connectivity index (χ2n) is 4.53. The van der Waals surface area contributed by atoms with Gasteiger partial charge in [0, 0.05) is 35.1 Å². The second kappa shape index (κ2) is 5.31. The van der Waals surface area contributed by atoms with Crippen molar-refractivity contribution in [1.29, 1.82) is 0 Å². The highest BCUT2D eigenvalue weighted by atomic mass is 35.5. The molecule has 3 nitrogen and oxygen atoms in total. The summed E-state index contributed by atoms with van der Waals surface area (Å²) >= 11 is 5.98. The molecule has 0 atom stereocenters. The summed E-state index contributed by atoms with van der Waals surface area (Å²) in [6.45, 7) is 2.52. The Hall–Kier alpha value is -1.03. The van der Waals surface area contributed by atoms with Crippen molar-refractivity contribution in [3.8, 4) is 0 Å². The highest BCUT2D eigenvalue weighted by Crippen LogP contribution is 2.21. The second-order valence-corrected chi connectivity index (χ2v) is 4.96. The molecule has 18 heavy (non-hydrogen) atoms. The van der Waals surface area contributed by atoms with Crippen molar-refractivity contribution in [2.24, 2.45) is 0 Å². The average Bonchev–Trinajstić information content (AvgIpc) is 2.80. The van der Waals surface area contributed by atoms with E-state index in [4.69, 9.17) is 21.1 Å². The van der Waals surface area contributed by atoms with Crippen molar-refractivity contribution in [3.63, 3.8) is 0 Å². The molecule has 0 bridgehead atoms. The van der Waals surface area contributed by atoms with Crippen LogP contribution in [0.3, 0.4) is 0 Å². The number of hydrogen-bond acceptors (Lipinski definition) is 2. The van der Waals surface area contributed by atoms with E-state index in [-0.39, 0.29) is 6.29 Å². The van der Waals surface area contributed by atoms with Crippen LogP contribution < -0.4 is 0 Å². The third kappa shape index (κ3) is 2.53. The van der Waals surface area contributed by atoms with Crippen LogP contribution in [0.4, 0.5) is 0 Å². The summed E-state index contributed by atoms with van der Waals surface area (Å²) in [6, 6.07) is 8.05. The van der Waals surface area contributed by atoms with E-state index >= 15 is 0 Å². The topological polar surface area (TPSA) is 23.4 Å². The minimum Gasteiger partial charge on any atom is -0.353 e. The first-order valence-corrected chi connectivity index (χ1v) is 6.68. The Morgan fingerprint density at radius 1 is 1.22 bits per heavy atom. The zero-order valence-electron chi connectivity index (χ0n) is 10.1. The molecule has 4 heteroatoms. The summed E-state index contributed by atoms with van der Waals surface area (Å²) in [5.74, 6) is 0. The standard InChI is InChI=1S/C14H16ClNO2/c15-12-2-3-13-11(10-12)4-6-16(13)7-5-14-17-8-1-9-18-14/h2-4,6,10,14H,1,5,7-9H2. The molecule has 96 valence electrons. The van der Waals surface area contributed by atoms with Crippen LogP contribution in [-0.2, 0) is 16.0 Å². The smallest absolute Gasteiger partial charge is 0.159 e. The lowest BCUT2D eigenvalue weighted by molar-refractivity contribution is -0.182. The van der Waals surface area contributed by atoms with Gasteiger partial charge in [0.25, 0.3) is 0 Å². The number of ether oxygens (including phenoxy) is 2. The van der Waals surface area contributed by atoms with Gasteiger partial charge in [0.2, 0.25) is 0 Å². The Kier molecular flexibility index (Phi) is 3.55. The molecule has 0 N–H and O–H groups in total. The van der Waals surface area contributed by atoms with Crippen LogP contribution >= 0.6 is 11.6 Å². The molecule has 1 aliphatic rings. The van der Waals surface area contributed by atoms with Gasteiger partial charge in [0.15, 0.2) is 6.29 Å². The summed E-state index contributed by atoms with van der Waals surface area (Å²) in [5.41, 5.74) is 1.20. The van der Waals surface area contributed by atoms with E-state index in [9.17, 15) is 0 Å². The van der Waals surface area contributed by atoms with Crippen LogP contribution in [0.1, 0.15) is 12.8 Å². The Morgan fingerprint density at radius 2 is 2.06 bits per heavy atom. The van der Waals surface area contributed by atoms with E-state index in [1.165, 1.54) is 10.9 Å². The Labute approximate surface area is 111 Å². The lowest BCUT2D eigenvalue weighted by Gasteiger charge is -2.23. The van der Waals surface area contributed by atoms with E-state index < -0.39 is 0 Å². The zero-order valence-corrected chi connectivity index (χ0v) is 10.9. The fraction of sp³-hybridized carbons (Fsp3) is 0.429. The van der Waals surface area contributed by atoms with Gasteiger partial charge in [-0.15, -0.1) is 0 Å². The normalized spacial score (nSPS) is 17.4. The molecule has 1 saturated heterocycles. The molecule has 1 aromatic heterocycles. The van der Waals surface area contributed by atoms with Crippen LogP contribution in [0.5, 0.6) is 0 Å². The molecule has 1 fully saturated rings. The number of hydrogen-bond donors (Lipinski definition) is 0. The molecule has 3 rings (SSSR count). The van der Waals surface area contributed by atoms with Crippen molar-refractivity contribution in [1.82, 2.24) is 4.57 Å². The zero-order chi connectivity index (χ0) is 12.4. The molecule has 0 radical (unpaired) electrons. The number of benzene rings is 1. The fourth-order valence-electron chi connectivity index (χ4n) is 2.31. The van der Waals surface area contributed by atoms with Crippen molar-refractivity contribution in [3.05, 3.63) is 35.5 Å². The highest BCUT2D eigenvalue weighted by molar-refractivity contribution is 6.31. The van der Waals surface area contributed by atoms with Crippen LogP contribution in [0.2, 0.25) is 5.02 Å². The molecule has 0 amide bonds. The first-order valence-electron chi connectivity index (χ1n) is 6.30. The number of nitrogens with zero attached hydrogens (tertiary/aromatic N) is 1. The fourth-order valence-corrected chi connectivity index (χ4v) is 2.49. The monoisotopic (exact) mass is 265 g/mol. The van der Waals surface area contributed by atoms with Crippen LogP contribution in [0.25, 0.3) is 10.9 Å². The van der Waals surface area contributed by atoms with Gasteiger partial charge in [-0.1, -0.05) is 11.6 Å². The minimum atomic E-state index is -0.0523. The van der Waals surface area contributed by atoms with Crippen molar-refractivity contribution in [2.45, 2.75) is 25.7 Å². The van der Waals surface area contributed by atoms with Crippen LogP contribution in [0, 0.1) is 0 Å². The van der Waals surface area contributed by atoms with Gasteiger partial charge in [-0.25, -0.2) is 0 Å². The first kappa shape index (κ1) is 12.0. The highest BCUT2D eigenvalue weighted by Gasteiger charge is 2.14. The molecular weight excluding hydrogens is 250 g/mol. The van der Waals surface area contributed by atoms with Crippen molar-refractivity contribution < 1.29 is 9.47 Å². The van der Waals surface area contributed by atoms with E-state index in [0.717, 1.165) is 37.6 Å². The summed E-state index contributed by atoms with van der Waals surface area (Å²) in [7, 11) is 0. The number of aryl methyl sites for hydroxylation is 1. The third-order valence-electron chi connectivity index (χ3n) is 3.23. The SMILES string of the molecule is Clc1ccc2c(ccn2CCC2OCCCO2)c1. The van der Waals surface area contributed by atoms with Crippen LogP contribution in [-0.4, -0.2) is 24.1 Å². The van der Waals surface area contributed by atoms with E-state index in [0.29, 0.717) is 0 Å². The van der Waals surface area contributed by atoms with E-state index in [1.54, 1.807) is 0 Å². The van der Waals surface area contributed by atoms with Crippen molar-refractivity contribution >= 4 is 22.5 Å². The molecule has 0 saturated carbocycles. The average molecular weight is 266 g/mol.